The zero-order chi connectivity index (χ0) is 15.5. The molecule has 0 aromatic carbocycles. The molecular formula is C15H26N2O4. The number of hydrogen-bond donors (Lipinski definition) is 2. The fraction of sp³-hybridized carbons (Fsp3) is 0.867. The summed E-state index contributed by atoms with van der Waals surface area (Å²) in [6, 6.07) is 0. The predicted molar refractivity (Wildman–Crippen MR) is 77.5 cm³/mol. The molecule has 2 fully saturated rings. The van der Waals surface area contributed by atoms with Crippen molar-refractivity contribution in [2.45, 2.75) is 38.2 Å². The summed E-state index contributed by atoms with van der Waals surface area (Å²) in [7, 11) is 1.27. The van der Waals surface area contributed by atoms with E-state index in [-0.39, 0.29) is 18.4 Å². The van der Waals surface area contributed by atoms with Crippen LogP contribution in [0.25, 0.3) is 0 Å². The molecule has 0 spiro atoms. The van der Waals surface area contributed by atoms with Crippen LogP contribution in [0.2, 0.25) is 0 Å². The van der Waals surface area contributed by atoms with E-state index < -0.39 is 11.6 Å². The molecule has 1 saturated carbocycles. The van der Waals surface area contributed by atoms with Gasteiger partial charge in [-0.25, -0.2) is 4.79 Å². The molecule has 0 aromatic heterocycles. The third-order valence-electron chi connectivity index (χ3n) is 4.29. The number of β-amino-alcohol motifs (C(OH)–C–C–N with tert-alkyl or cyclic N) is 1. The van der Waals surface area contributed by atoms with Gasteiger partial charge in [0.05, 0.1) is 13.0 Å². The van der Waals surface area contributed by atoms with Crippen LogP contribution in [-0.4, -0.2) is 60.8 Å². The number of carbonyl (C=O) groups excluding carboxylic acids is 2. The van der Waals surface area contributed by atoms with Crippen molar-refractivity contribution in [1.82, 2.24) is 10.2 Å². The van der Waals surface area contributed by atoms with Crippen molar-refractivity contribution in [3.63, 3.8) is 0 Å². The minimum Gasteiger partial charge on any atom is -0.467 e. The third-order valence-corrected chi connectivity index (χ3v) is 4.29. The van der Waals surface area contributed by atoms with E-state index in [1.165, 1.54) is 26.9 Å². The molecule has 21 heavy (non-hydrogen) atoms. The Hall–Kier alpha value is -1.14. The average Bonchev–Trinajstić information content (AvgIpc) is 3.27. The first-order chi connectivity index (χ1) is 9.92. The number of carbonyl (C=O) groups is 2. The Morgan fingerprint density at radius 2 is 2.10 bits per heavy atom. The molecule has 6 nitrogen and oxygen atoms in total. The van der Waals surface area contributed by atoms with E-state index in [1.54, 1.807) is 0 Å². The van der Waals surface area contributed by atoms with Gasteiger partial charge in [-0.15, -0.1) is 0 Å². The molecule has 1 heterocycles. The van der Waals surface area contributed by atoms with Crippen LogP contribution in [0.15, 0.2) is 0 Å². The summed E-state index contributed by atoms with van der Waals surface area (Å²) in [5.74, 6) is 0.0896. The van der Waals surface area contributed by atoms with Crippen LogP contribution in [0.5, 0.6) is 0 Å². The number of ether oxygens (including phenoxy) is 1. The van der Waals surface area contributed by atoms with Crippen molar-refractivity contribution in [2.24, 2.45) is 11.8 Å². The topological polar surface area (TPSA) is 78.9 Å². The number of rotatable bonds is 6. The van der Waals surface area contributed by atoms with Gasteiger partial charge in [-0.1, -0.05) is 0 Å². The molecule has 2 rings (SSSR count). The van der Waals surface area contributed by atoms with Crippen molar-refractivity contribution >= 4 is 11.9 Å². The first-order valence-electron chi connectivity index (χ1n) is 7.73. The number of aliphatic hydroxyl groups is 1. The van der Waals surface area contributed by atoms with Gasteiger partial charge in [-0.2, -0.15) is 0 Å². The van der Waals surface area contributed by atoms with Gasteiger partial charge in [0.15, 0.2) is 5.60 Å². The van der Waals surface area contributed by atoms with E-state index in [0.717, 1.165) is 25.9 Å². The van der Waals surface area contributed by atoms with Crippen LogP contribution in [0.4, 0.5) is 0 Å². The van der Waals surface area contributed by atoms with Crippen molar-refractivity contribution in [2.75, 3.05) is 33.3 Å². The number of esters is 1. The number of likely N-dealkylation sites (tertiary alicyclic amines) is 1. The van der Waals surface area contributed by atoms with Gasteiger partial charge in [-0.05, 0) is 45.1 Å². The first-order valence-corrected chi connectivity index (χ1v) is 7.73. The Morgan fingerprint density at radius 1 is 1.38 bits per heavy atom. The number of amides is 1. The third kappa shape index (κ3) is 4.68. The summed E-state index contributed by atoms with van der Waals surface area (Å²) in [5, 5.41) is 13.1. The molecule has 2 aliphatic rings. The lowest BCUT2D eigenvalue weighted by atomic mass is 9.95. The van der Waals surface area contributed by atoms with Crippen molar-refractivity contribution in [3.05, 3.63) is 0 Å². The normalized spacial score (nSPS) is 26.0. The lowest BCUT2D eigenvalue weighted by Gasteiger charge is -2.35. The highest BCUT2D eigenvalue weighted by molar-refractivity contribution is 5.79. The van der Waals surface area contributed by atoms with Crippen LogP contribution < -0.4 is 5.32 Å². The highest BCUT2D eigenvalue weighted by Gasteiger charge is 2.36. The summed E-state index contributed by atoms with van der Waals surface area (Å²) < 4.78 is 4.61. The molecule has 2 N–H and O–H groups in total. The largest absolute Gasteiger partial charge is 0.467 e. The van der Waals surface area contributed by atoms with Crippen molar-refractivity contribution in [1.29, 1.82) is 0 Å². The SMILES string of the molecule is COC(=O)[C@@](C)(O)CN1CCC[C@H](C(=O)NCC2CC2)C1. The highest BCUT2D eigenvalue weighted by Crippen LogP contribution is 2.28. The summed E-state index contributed by atoms with van der Waals surface area (Å²) in [4.78, 5) is 25.6. The smallest absolute Gasteiger partial charge is 0.338 e. The van der Waals surface area contributed by atoms with Crippen LogP contribution in [-0.2, 0) is 14.3 Å². The van der Waals surface area contributed by atoms with Crippen molar-refractivity contribution < 1.29 is 19.4 Å². The second-order valence-corrected chi connectivity index (χ2v) is 6.53. The molecule has 0 radical (unpaired) electrons. The zero-order valence-electron chi connectivity index (χ0n) is 12.9. The van der Waals surface area contributed by atoms with E-state index in [1.807, 2.05) is 4.90 Å². The fourth-order valence-corrected chi connectivity index (χ4v) is 2.84. The highest BCUT2D eigenvalue weighted by atomic mass is 16.5. The maximum absolute atomic E-state index is 12.1. The van der Waals surface area contributed by atoms with Gasteiger partial charge in [0.25, 0.3) is 0 Å². The molecule has 1 amide bonds. The Balaban J connectivity index is 1.81. The quantitative estimate of drug-likeness (QED) is 0.682. The summed E-state index contributed by atoms with van der Waals surface area (Å²) in [6.07, 6.45) is 4.21. The van der Waals surface area contributed by atoms with E-state index in [0.29, 0.717) is 12.5 Å². The van der Waals surface area contributed by atoms with E-state index >= 15 is 0 Å². The molecule has 0 unspecified atom stereocenters. The van der Waals surface area contributed by atoms with E-state index in [9.17, 15) is 14.7 Å². The molecule has 0 bridgehead atoms. The van der Waals surface area contributed by atoms with Gasteiger partial charge >= 0.3 is 5.97 Å². The average molecular weight is 298 g/mol. The zero-order valence-corrected chi connectivity index (χ0v) is 12.9. The number of nitrogens with one attached hydrogen (secondary N) is 1. The second kappa shape index (κ2) is 6.75. The summed E-state index contributed by atoms with van der Waals surface area (Å²) in [6.45, 7) is 3.82. The summed E-state index contributed by atoms with van der Waals surface area (Å²) >= 11 is 0. The molecular weight excluding hydrogens is 272 g/mol. The van der Waals surface area contributed by atoms with Crippen LogP contribution >= 0.6 is 0 Å². The number of nitrogens with zero attached hydrogens (tertiary/aromatic N) is 1. The Bertz CT molecular complexity index is 393. The Morgan fingerprint density at radius 3 is 2.71 bits per heavy atom. The minimum absolute atomic E-state index is 0.0500. The lowest BCUT2D eigenvalue weighted by molar-refractivity contribution is -0.162. The molecule has 120 valence electrons. The summed E-state index contributed by atoms with van der Waals surface area (Å²) in [5.41, 5.74) is -1.53. The monoisotopic (exact) mass is 298 g/mol. The molecule has 2 atom stereocenters. The molecule has 1 aliphatic carbocycles. The first kappa shape index (κ1) is 16.2. The number of hydrogen-bond acceptors (Lipinski definition) is 5. The fourth-order valence-electron chi connectivity index (χ4n) is 2.84. The maximum Gasteiger partial charge on any atom is 0.338 e. The van der Waals surface area contributed by atoms with E-state index in [4.69, 9.17) is 0 Å². The maximum atomic E-state index is 12.1. The Labute approximate surface area is 125 Å². The van der Waals surface area contributed by atoms with Gasteiger partial charge < -0.3 is 15.2 Å². The van der Waals surface area contributed by atoms with Gasteiger partial charge in [0.2, 0.25) is 5.91 Å². The van der Waals surface area contributed by atoms with Crippen molar-refractivity contribution in [3.8, 4) is 0 Å². The van der Waals surface area contributed by atoms with E-state index in [2.05, 4.69) is 10.1 Å². The number of piperidine rings is 1. The van der Waals surface area contributed by atoms with Gasteiger partial charge in [0.1, 0.15) is 0 Å². The minimum atomic E-state index is -1.53. The van der Waals surface area contributed by atoms with Crippen LogP contribution in [0, 0.1) is 11.8 Å². The standard InChI is InChI=1S/C15H26N2O4/c1-15(20,14(19)21-2)10-17-7-3-4-12(9-17)13(18)16-8-11-5-6-11/h11-12,20H,3-10H2,1-2H3,(H,16,18)/t12-,15-/m0/s1. The van der Waals surface area contributed by atoms with Crippen LogP contribution in [0.3, 0.4) is 0 Å². The van der Waals surface area contributed by atoms with Gasteiger partial charge in [-0.3, -0.25) is 9.69 Å². The molecule has 1 aliphatic heterocycles. The molecule has 0 aromatic rings. The predicted octanol–water partition coefficient (Wildman–Crippen LogP) is 0.149. The lowest BCUT2D eigenvalue weighted by Crippen LogP contribution is -2.51. The van der Waals surface area contributed by atoms with Crippen LogP contribution in [0.1, 0.15) is 32.6 Å². The number of methoxy groups -OCH3 is 1. The molecule has 1 saturated heterocycles. The second-order valence-electron chi connectivity index (χ2n) is 6.53. The Kier molecular flexibility index (Phi) is 5.22. The molecule has 6 heteroatoms. The van der Waals surface area contributed by atoms with Gasteiger partial charge in [0, 0.05) is 19.6 Å².